The fraction of sp³-hybridized carbons (Fsp3) is 0.286. The first-order valence-corrected chi connectivity index (χ1v) is 13.7. The third-order valence-corrected chi connectivity index (χ3v) is 10.7. The normalized spacial score (nSPS) is 13.3. The van der Waals surface area contributed by atoms with Crippen LogP contribution in [0.1, 0.15) is 41.5 Å². The minimum atomic E-state index is -0.366. The van der Waals surface area contributed by atoms with E-state index in [1.54, 1.807) is 0 Å². The second-order valence-electron chi connectivity index (χ2n) is 9.67. The zero-order valence-corrected chi connectivity index (χ0v) is 23.3. The molecule has 0 bridgehead atoms. The summed E-state index contributed by atoms with van der Waals surface area (Å²) in [4.78, 5) is 9.06. The summed E-state index contributed by atoms with van der Waals surface area (Å²) in [5.41, 5.74) is 2.44. The second-order valence-corrected chi connectivity index (χ2v) is 15.6. The summed E-state index contributed by atoms with van der Waals surface area (Å²) in [6.45, 7) is 13.8. The number of rotatable bonds is 4. The van der Waals surface area contributed by atoms with Gasteiger partial charge in [0.1, 0.15) is 0 Å². The van der Waals surface area contributed by atoms with Crippen molar-refractivity contribution in [1.29, 1.82) is 0 Å². The Morgan fingerprint density at radius 3 is 1.52 bits per heavy atom. The van der Waals surface area contributed by atoms with Crippen molar-refractivity contribution in [2.45, 2.75) is 51.9 Å². The third-order valence-electron chi connectivity index (χ3n) is 4.90. The molecule has 2 aromatic carbocycles. The first kappa shape index (κ1) is 27.6. The zero-order chi connectivity index (χ0) is 23.2. The number of hydrogen-bond acceptors (Lipinski definition) is 2. The van der Waals surface area contributed by atoms with E-state index in [-0.39, 0.29) is 43.2 Å². The molecule has 0 spiro atoms. The van der Waals surface area contributed by atoms with Crippen LogP contribution in [0.25, 0.3) is 0 Å². The molecule has 0 saturated carbocycles. The Morgan fingerprint density at radius 2 is 1.12 bits per heavy atom. The third kappa shape index (κ3) is 7.70. The largest absolute Gasteiger partial charge is 0.747 e. The van der Waals surface area contributed by atoms with E-state index in [1.807, 2.05) is 24.5 Å². The maximum absolute atomic E-state index is 4.53. The van der Waals surface area contributed by atoms with Crippen molar-refractivity contribution in [1.82, 2.24) is 9.97 Å². The summed E-state index contributed by atoms with van der Waals surface area (Å²) in [6.07, 6.45) is 3.78. The van der Waals surface area contributed by atoms with Gasteiger partial charge in [-0.15, -0.1) is 5.30 Å². The Balaban J connectivity index is 0.000000227. The van der Waals surface area contributed by atoms with Gasteiger partial charge in [-0.05, 0) is 34.6 Å². The molecule has 2 unspecified atom stereocenters. The summed E-state index contributed by atoms with van der Waals surface area (Å²) in [7, 11) is -0.732. The van der Waals surface area contributed by atoms with Gasteiger partial charge in [0.25, 0.3) is 0 Å². The smallest absolute Gasteiger partial charge is 0.0562 e. The molecule has 2 nitrogen and oxygen atoms in total. The van der Waals surface area contributed by atoms with Crippen LogP contribution >= 0.6 is 15.8 Å². The molecule has 0 amide bonds. The predicted molar refractivity (Wildman–Crippen MR) is 144 cm³/mol. The van der Waals surface area contributed by atoms with Crippen LogP contribution in [0.15, 0.2) is 97.3 Å². The van der Waals surface area contributed by atoms with E-state index in [9.17, 15) is 0 Å². The topological polar surface area (TPSA) is 25.8 Å². The molecule has 180 valence electrons. The fourth-order valence-electron chi connectivity index (χ4n) is 3.72. The molecule has 0 N–H and O–H groups in total. The van der Waals surface area contributed by atoms with E-state index in [0.717, 1.165) is 0 Å². The van der Waals surface area contributed by atoms with Crippen molar-refractivity contribution >= 4 is 37.3 Å². The number of nitrogens with zero attached hydrogens (tertiary/aromatic N) is 2. The molecular weight excluding hydrogens is 482 g/mol. The van der Waals surface area contributed by atoms with Crippen LogP contribution in [0.4, 0.5) is 0 Å². The molecule has 2 aromatic heterocycles. The van der Waals surface area contributed by atoms with Crippen molar-refractivity contribution in [3.63, 3.8) is 0 Å². The minimum absolute atomic E-state index is 0. The quantitative estimate of drug-likeness (QED) is 0.187. The molecule has 0 aliphatic rings. The summed E-state index contributed by atoms with van der Waals surface area (Å²) in [5, 5.41) is 3.33. The van der Waals surface area contributed by atoms with Crippen molar-refractivity contribution < 1.29 is 17.1 Å². The number of pyridine rings is 2. The maximum atomic E-state index is 4.53. The van der Waals surface area contributed by atoms with Crippen LogP contribution < -0.4 is 21.5 Å². The average molecular weight is 516 g/mol. The Hall–Kier alpha value is -1.62. The molecule has 33 heavy (non-hydrogen) atoms. The summed E-state index contributed by atoms with van der Waals surface area (Å²) in [5.74, 6) is 0. The molecule has 0 saturated heterocycles. The van der Waals surface area contributed by atoms with Gasteiger partial charge in [-0.1, -0.05) is 61.6 Å². The van der Waals surface area contributed by atoms with Gasteiger partial charge >= 0.3 is 0 Å². The Labute approximate surface area is 213 Å². The predicted octanol–water partition coefficient (Wildman–Crippen LogP) is 6.06. The van der Waals surface area contributed by atoms with Crippen LogP contribution in [0.3, 0.4) is 0 Å². The van der Waals surface area contributed by atoms with Crippen molar-refractivity contribution in [2.75, 3.05) is 0 Å². The van der Waals surface area contributed by atoms with Crippen LogP contribution in [0, 0.1) is 0 Å². The SMILES string of the molecule is CC(C)(C)P(c1ccccn1)[c-]1[cH-][cH-][cH-][cH-]1.CC(C)(C)P(c1ccccn1)[c-]1cccc1.[Fe]. The van der Waals surface area contributed by atoms with Gasteiger partial charge in [0.2, 0.25) is 0 Å². The Morgan fingerprint density at radius 1 is 0.667 bits per heavy atom. The number of hydrogen-bond donors (Lipinski definition) is 0. The first-order chi connectivity index (χ1) is 15.2. The molecule has 2 atom stereocenters. The fourth-order valence-corrected chi connectivity index (χ4v) is 8.95. The summed E-state index contributed by atoms with van der Waals surface area (Å²) < 4.78 is 0. The molecule has 5 heteroatoms. The monoisotopic (exact) mass is 516 g/mol. The molecular formula is C28H34FeN2P2-6. The molecule has 0 fully saturated rings. The van der Waals surface area contributed by atoms with E-state index < -0.39 is 0 Å². The van der Waals surface area contributed by atoms with E-state index in [2.05, 4.69) is 124 Å². The zero-order valence-electron chi connectivity index (χ0n) is 20.4. The van der Waals surface area contributed by atoms with Crippen molar-refractivity contribution in [3.8, 4) is 0 Å². The molecule has 2 heterocycles. The summed E-state index contributed by atoms with van der Waals surface area (Å²) >= 11 is 0. The van der Waals surface area contributed by atoms with Crippen molar-refractivity contribution in [3.05, 3.63) is 97.3 Å². The first-order valence-electron chi connectivity index (χ1n) is 11.0. The van der Waals surface area contributed by atoms with Gasteiger partial charge in [0.05, 0.1) is 5.44 Å². The Kier molecular flexibility index (Phi) is 10.2. The van der Waals surface area contributed by atoms with Crippen LogP contribution in [0.2, 0.25) is 0 Å². The van der Waals surface area contributed by atoms with E-state index in [0.29, 0.717) is 0 Å². The molecule has 4 aromatic rings. The van der Waals surface area contributed by atoms with Crippen LogP contribution in [-0.2, 0) is 17.1 Å². The van der Waals surface area contributed by atoms with Gasteiger partial charge in [-0.2, -0.15) is 12.1 Å². The van der Waals surface area contributed by atoms with E-state index in [4.69, 9.17) is 0 Å². The molecule has 0 aliphatic heterocycles. The van der Waals surface area contributed by atoms with Crippen LogP contribution in [-0.4, -0.2) is 20.3 Å². The maximum Gasteiger partial charge on any atom is 0.0562 e. The Bertz CT molecular complexity index is 945. The van der Waals surface area contributed by atoms with Gasteiger partial charge in [-0.25, -0.2) is 20.1 Å². The van der Waals surface area contributed by atoms with Crippen molar-refractivity contribution in [2.24, 2.45) is 0 Å². The second kappa shape index (κ2) is 12.2. The van der Waals surface area contributed by atoms with Gasteiger partial charge in [0, 0.05) is 34.9 Å². The van der Waals surface area contributed by atoms with Gasteiger partial charge in [-0.3, -0.25) is 9.97 Å². The molecule has 0 radical (unpaired) electrons. The molecule has 4 rings (SSSR count). The number of aromatic nitrogens is 2. The molecule has 0 aliphatic carbocycles. The van der Waals surface area contributed by atoms with E-state index >= 15 is 0 Å². The van der Waals surface area contributed by atoms with Gasteiger partial charge < -0.3 is 29.6 Å². The minimum Gasteiger partial charge on any atom is -0.747 e. The summed E-state index contributed by atoms with van der Waals surface area (Å²) in [6, 6.07) is 29.7. The van der Waals surface area contributed by atoms with Crippen LogP contribution in [0.5, 0.6) is 0 Å². The standard InChI is InChI=1S/2C14H17NP.Fe/c2*1-14(2,3)16(12-8-4-5-9-12)13-10-6-7-11-15-13;/h2*4-11H,1-3H3;/q-5;-1;. The van der Waals surface area contributed by atoms with E-state index in [1.165, 1.54) is 21.5 Å². The van der Waals surface area contributed by atoms with Gasteiger partial charge in [0.15, 0.2) is 0 Å². The average Bonchev–Trinajstić information content (AvgIpc) is 3.43.